The lowest BCUT2D eigenvalue weighted by atomic mass is 10.2. The van der Waals surface area contributed by atoms with E-state index in [4.69, 9.17) is 11.6 Å². The molecule has 0 aliphatic rings. The molecule has 0 fully saturated rings. The SMILES string of the molecule is CC(=O)Nc1ccc(Cl)cc1NC(=O)C(C)SCc1ccccc1. The highest BCUT2D eigenvalue weighted by molar-refractivity contribution is 7.99. The number of hydrogen-bond donors (Lipinski definition) is 2. The second-order valence-corrected chi connectivity index (χ2v) is 7.06. The van der Waals surface area contributed by atoms with E-state index in [9.17, 15) is 9.59 Å². The van der Waals surface area contributed by atoms with Gasteiger partial charge in [-0.25, -0.2) is 0 Å². The average molecular weight is 363 g/mol. The van der Waals surface area contributed by atoms with Gasteiger partial charge in [-0.15, -0.1) is 11.8 Å². The normalized spacial score (nSPS) is 11.6. The predicted octanol–water partition coefficient (Wildman–Crippen LogP) is 4.56. The molecule has 0 aliphatic heterocycles. The van der Waals surface area contributed by atoms with E-state index in [0.717, 1.165) is 5.75 Å². The number of amides is 2. The van der Waals surface area contributed by atoms with Gasteiger partial charge in [0.05, 0.1) is 16.6 Å². The molecule has 2 N–H and O–H groups in total. The van der Waals surface area contributed by atoms with Crippen LogP contribution in [0.4, 0.5) is 11.4 Å². The summed E-state index contributed by atoms with van der Waals surface area (Å²) in [6.07, 6.45) is 0. The maximum Gasteiger partial charge on any atom is 0.237 e. The van der Waals surface area contributed by atoms with E-state index in [2.05, 4.69) is 10.6 Å². The highest BCUT2D eigenvalue weighted by atomic mass is 35.5. The molecular weight excluding hydrogens is 344 g/mol. The number of nitrogens with one attached hydrogen (secondary N) is 2. The first-order valence-electron chi connectivity index (χ1n) is 7.49. The Morgan fingerprint density at radius 1 is 1.08 bits per heavy atom. The Kier molecular flexibility index (Phi) is 6.70. The molecular formula is C18H19ClN2O2S. The summed E-state index contributed by atoms with van der Waals surface area (Å²) in [7, 11) is 0. The van der Waals surface area contributed by atoms with Crippen molar-refractivity contribution in [3.8, 4) is 0 Å². The lowest BCUT2D eigenvalue weighted by molar-refractivity contribution is -0.116. The second kappa shape index (κ2) is 8.76. The Labute approximate surface area is 151 Å². The van der Waals surface area contributed by atoms with Crippen LogP contribution in [0.15, 0.2) is 48.5 Å². The Balaban J connectivity index is 2.00. The lowest BCUT2D eigenvalue weighted by Gasteiger charge is -2.15. The van der Waals surface area contributed by atoms with Gasteiger partial charge in [0.15, 0.2) is 0 Å². The van der Waals surface area contributed by atoms with Gasteiger partial charge in [-0.2, -0.15) is 0 Å². The van der Waals surface area contributed by atoms with E-state index >= 15 is 0 Å². The van der Waals surface area contributed by atoms with Gasteiger partial charge in [0.2, 0.25) is 11.8 Å². The zero-order valence-electron chi connectivity index (χ0n) is 13.5. The summed E-state index contributed by atoms with van der Waals surface area (Å²) >= 11 is 7.54. The topological polar surface area (TPSA) is 58.2 Å². The Bertz CT molecular complexity index is 722. The number of carbonyl (C=O) groups is 2. The molecule has 2 rings (SSSR count). The number of benzene rings is 2. The van der Waals surface area contributed by atoms with Gasteiger partial charge in [-0.05, 0) is 30.7 Å². The van der Waals surface area contributed by atoms with Crippen LogP contribution < -0.4 is 10.6 Å². The summed E-state index contributed by atoms with van der Waals surface area (Å²) in [5.74, 6) is 0.410. The third-order valence-corrected chi connectivity index (χ3v) is 4.71. The van der Waals surface area contributed by atoms with E-state index in [1.807, 2.05) is 37.3 Å². The monoisotopic (exact) mass is 362 g/mol. The van der Waals surface area contributed by atoms with E-state index in [-0.39, 0.29) is 17.1 Å². The quantitative estimate of drug-likeness (QED) is 0.792. The number of halogens is 1. The summed E-state index contributed by atoms with van der Waals surface area (Å²) in [6.45, 7) is 3.27. The van der Waals surface area contributed by atoms with Crippen molar-refractivity contribution in [2.45, 2.75) is 24.9 Å². The number of hydrogen-bond acceptors (Lipinski definition) is 3. The first kappa shape index (κ1) is 18.4. The van der Waals surface area contributed by atoms with E-state index in [1.54, 1.807) is 30.0 Å². The van der Waals surface area contributed by atoms with Gasteiger partial charge in [0, 0.05) is 17.7 Å². The largest absolute Gasteiger partial charge is 0.325 e. The zero-order valence-corrected chi connectivity index (χ0v) is 15.1. The first-order chi connectivity index (χ1) is 11.5. The van der Waals surface area contributed by atoms with Crippen LogP contribution in [0, 0.1) is 0 Å². The molecule has 126 valence electrons. The predicted molar refractivity (Wildman–Crippen MR) is 102 cm³/mol. The van der Waals surface area contributed by atoms with Crippen molar-refractivity contribution in [2.75, 3.05) is 10.6 Å². The minimum Gasteiger partial charge on any atom is -0.325 e. The average Bonchev–Trinajstić information content (AvgIpc) is 2.55. The number of anilines is 2. The molecule has 0 radical (unpaired) electrons. The van der Waals surface area contributed by atoms with Crippen molar-refractivity contribution in [2.24, 2.45) is 0 Å². The zero-order chi connectivity index (χ0) is 17.5. The summed E-state index contributed by atoms with van der Waals surface area (Å²) < 4.78 is 0. The molecule has 0 saturated carbocycles. The van der Waals surface area contributed by atoms with Crippen LogP contribution in [0.2, 0.25) is 5.02 Å². The molecule has 1 atom stereocenters. The van der Waals surface area contributed by atoms with E-state index in [1.165, 1.54) is 12.5 Å². The van der Waals surface area contributed by atoms with Crippen LogP contribution in [-0.4, -0.2) is 17.1 Å². The lowest BCUT2D eigenvalue weighted by Crippen LogP contribution is -2.23. The second-order valence-electron chi connectivity index (χ2n) is 5.30. The van der Waals surface area contributed by atoms with Crippen molar-refractivity contribution in [3.05, 3.63) is 59.1 Å². The molecule has 0 bridgehead atoms. The molecule has 2 amide bonds. The summed E-state index contributed by atoms with van der Waals surface area (Å²) in [6, 6.07) is 14.9. The van der Waals surface area contributed by atoms with Gasteiger partial charge < -0.3 is 10.6 Å². The first-order valence-corrected chi connectivity index (χ1v) is 8.92. The third-order valence-electron chi connectivity index (χ3n) is 3.26. The molecule has 2 aromatic carbocycles. The smallest absolute Gasteiger partial charge is 0.237 e. The van der Waals surface area contributed by atoms with Crippen LogP contribution in [-0.2, 0) is 15.3 Å². The van der Waals surface area contributed by atoms with Gasteiger partial charge in [-0.3, -0.25) is 9.59 Å². The summed E-state index contributed by atoms with van der Waals surface area (Å²) in [5, 5.41) is 5.77. The van der Waals surface area contributed by atoms with Gasteiger partial charge in [0.1, 0.15) is 0 Å². The highest BCUT2D eigenvalue weighted by Crippen LogP contribution is 2.27. The minimum absolute atomic E-state index is 0.134. The fourth-order valence-corrected chi connectivity index (χ4v) is 3.04. The standard InChI is InChI=1S/C18H19ClN2O2S/c1-12(24-11-14-6-4-3-5-7-14)18(23)21-17-10-15(19)8-9-16(17)20-13(2)22/h3-10,12H,11H2,1-2H3,(H,20,22)(H,21,23). The van der Waals surface area contributed by atoms with E-state index in [0.29, 0.717) is 16.4 Å². The van der Waals surface area contributed by atoms with Crippen LogP contribution >= 0.6 is 23.4 Å². The van der Waals surface area contributed by atoms with Crippen molar-refractivity contribution in [3.63, 3.8) is 0 Å². The van der Waals surface area contributed by atoms with Crippen LogP contribution in [0.5, 0.6) is 0 Å². The molecule has 2 aromatic rings. The van der Waals surface area contributed by atoms with Crippen molar-refractivity contribution in [1.29, 1.82) is 0 Å². The third kappa shape index (κ3) is 5.58. The molecule has 0 heterocycles. The van der Waals surface area contributed by atoms with Crippen LogP contribution in [0.25, 0.3) is 0 Å². The minimum atomic E-state index is -0.241. The molecule has 0 saturated heterocycles. The number of rotatable bonds is 6. The van der Waals surface area contributed by atoms with Gasteiger partial charge >= 0.3 is 0 Å². The molecule has 6 heteroatoms. The van der Waals surface area contributed by atoms with Crippen molar-refractivity contribution >= 4 is 46.6 Å². The Hall–Kier alpha value is -1.98. The van der Waals surface area contributed by atoms with Crippen LogP contribution in [0.1, 0.15) is 19.4 Å². The molecule has 24 heavy (non-hydrogen) atoms. The van der Waals surface area contributed by atoms with Crippen LogP contribution in [0.3, 0.4) is 0 Å². The Morgan fingerprint density at radius 3 is 2.46 bits per heavy atom. The molecule has 4 nitrogen and oxygen atoms in total. The van der Waals surface area contributed by atoms with E-state index < -0.39 is 0 Å². The van der Waals surface area contributed by atoms with Gasteiger partial charge in [0.25, 0.3) is 0 Å². The molecule has 0 aliphatic carbocycles. The summed E-state index contributed by atoms with van der Waals surface area (Å²) in [4.78, 5) is 23.7. The molecule has 1 unspecified atom stereocenters. The van der Waals surface area contributed by atoms with Crippen molar-refractivity contribution < 1.29 is 9.59 Å². The highest BCUT2D eigenvalue weighted by Gasteiger charge is 2.16. The van der Waals surface area contributed by atoms with Crippen molar-refractivity contribution in [1.82, 2.24) is 0 Å². The molecule has 0 spiro atoms. The fourth-order valence-electron chi connectivity index (χ4n) is 2.02. The van der Waals surface area contributed by atoms with Gasteiger partial charge in [-0.1, -0.05) is 41.9 Å². The molecule has 0 aromatic heterocycles. The maximum absolute atomic E-state index is 12.4. The summed E-state index contributed by atoms with van der Waals surface area (Å²) in [5.41, 5.74) is 2.19. The Morgan fingerprint density at radius 2 is 1.79 bits per heavy atom. The number of thioether (sulfide) groups is 1. The maximum atomic E-state index is 12.4. The number of carbonyl (C=O) groups excluding carboxylic acids is 2. The fraction of sp³-hybridized carbons (Fsp3) is 0.222.